The van der Waals surface area contributed by atoms with E-state index in [0.717, 1.165) is 0 Å². The predicted octanol–water partition coefficient (Wildman–Crippen LogP) is 2.75. The molecule has 0 aromatic rings. The molecule has 3 heteroatoms. The van der Waals surface area contributed by atoms with Crippen LogP contribution in [0.2, 0.25) is 0 Å². The smallest absolute Gasteiger partial charge is 0.260 e. The zero-order valence-electron chi connectivity index (χ0n) is 8.27. The van der Waals surface area contributed by atoms with Crippen molar-refractivity contribution in [3.8, 4) is 0 Å². The Kier molecular flexibility index (Phi) is 2.50. The van der Waals surface area contributed by atoms with Gasteiger partial charge in [-0.2, -0.15) is 0 Å². The van der Waals surface area contributed by atoms with Crippen molar-refractivity contribution in [1.29, 1.82) is 0 Å². The summed E-state index contributed by atoms with van der Waals surface area (Å²) in [6, 6.07) is 0. The Hall–Kier alpha value is -0.440. The summed E-state index contributed by atoms with van der Waals surface area (Å²) < 4.78 is 24.9. The van der Waals surface area contributed by atoms with Crippen molar-refractivity contribution in [3.63, 3.8) is 0 Å². The summed E-state index contributed by atoms with van der Waals surface area (Å²) >= 11 is 0. The largest absolute Gasteiger partial charge is 0.386 e. The van der Waals surface area contributed by atoms with Gasteiger partial charge in [-0.1, -0.05) is 13.8 Å². The molecule has 0 radical (unpaired) electrons. The maximum atomic E-state index is 12.4. The van der Waals surface area contributed by atoms with E-state index in [9.17, 15) is 13.9 Å². The van der Waals surface area contributed by atoms with Gasteiger partial charge in [-0.05, 0) is 36.8 Å². The van der Waals surface area contributed by atoms with Gasteiger partial charge < -0.3 is 5.11 Å². The first-order valence-electron chi connectivity index (χ1n) is 4.44. The third-order valence-corrected chi connectivity index (χ3v) is 2.30. The van der Waals surface area contributed by atoms with Gasteiger partial charge in [0.15, 0.2) is 0 Å². The molecule has 1 aliphatic carbocycles. The van der Waals surface area contributed by atoms with Crippen LogP contribution in [0.3, 0.4) is 0 Å². The molecule has 1 N–H and O–H groups in total. The number of allylic oxidation sites excluding steroid dienone is 1. The van der Waals surface area contributed by atoms with Gasteiger partial charge in [-0.15, -0.1) is 0 Å². The summed E-state index contributed by atoms with van der Waals surface area (Å²) in [6.45, 7) is 5.38. The second-order valence-corrected chi connectivity index (χ2v) is 4.89. The second kappa shape index (κ2) is 3.05. The van der Waals surface area contributed by atoms with Gasteiger partial charge in [-0.3, -0.25) is 0 Å². The average molecular weight is 190 g/mol. The molecule has 1 unspecified atom stereocenters. The molecular weight excluding hydrogens is 174 g/mol. The second-order valence-electron chi connectivity index (χ2n) is 4.89. The number of hydrogen-bond acceptors (Lipinski definition) is 1. The molecule has 0 fully saturated rings. The molecule has 0 spiro atoms. The summed E-state index contributed by atoms with van der Waals surface area (Å²) in [5.74, 6) is 0. The van der Waals surface area contributed by atoms with Gasteiger partial charge in [-0.25, -0.2) is 8.78 Å². The molecule has 0 bridgehead atoms. The highest BCUT2D eigenvalue weighted by Crippen LogP contribution is 2.41. The number of alkyl halides is 2. The molecule has 1 aliphatic rings. The summed E-state index contributed by atoms with van der Waals surface area (Å²) in [5.41, 5.74) is -1.24. The number of aliphatic hydroxyl groups is 1. The number of halogens is 2. The van der Waals surface area contributed by atoms with Crippen LogP contribution in [-0.4, -0.2) is 17.1 Å². The molecule has 0 heterocycles. The molecule has 0 saturated heterocycles. The van der Waals surface area contributed by atoms with Crippen LogP contribution in [0.1, 0.15) is 33.6 Å². The standard InChI is InChI=1S/C10H16F2O/c1-9(2)4-7(8(11)12)5-10(3,13)6-9/h5,8,13H,4,6H2,1-3H3. The molecule has 0 amide bonds. The quantitative estimate of drug-likeness (QED) is 0.630. The highest BCUT2D eigenvalue weighted by Gasteiger charge is 2.36. The normalized spacial score (nSPS) is 33.3. The van der Waals surface area contributed by atoms with E-state index in [1.807, 2.05) is 13.8 Å². The molecule has 1 atom stereocenters. The minimum Gasteiger partial charge on any atom is -0.386 e. The molecule has 13 heavy (non-hydrogen) atoms. The number of rotatable bonds is 1. The van der Waals surface area contributed by atoms with Crippen molar-refractivity contribution >= 4 is 0 Å². The molecule has 0 aromatic carbocycles. The van der Waals surface area contributed by atoms with E-state index in [1.165, 1.54) is 6.08 Å². The molecule has 0 aliphatic heterocycles. The van der Waals surface area contributed by atoms with E-state index in [4.69, 9.17) is 0 Å². The lowest BCUT2D eigenvalue weighted by Crippen LogP contribution is -2.35. The van der Waals surface area contributed by atoms with Gasteiger partial charge in [0.2, 0.25) is 0 Å². The first-order chi connectivity index (χ1) is 5.72. The highest BCUT2D eigenvalue weighted by atomic mass is 19.3. The Labute approximate surface area is 77.5 Å². The SMILES string of the molecule is CC1(O)C=C(C(F)F)CC(C)(C)C1. The van der Waals surface area contributed by atoms with Crippen LogP contribution in [0, 0.1) is 5.41 Å². The lowest BCUT2D eigenvalue weighted by molar-refractivity contribution is 0.0376. The van der Waals surface area contributed by atoms with Crippen molar-refractivity contribution in [1.82, 2.24) is 0 Å². The van der Waals surface area contributed by atoms with Crippen molar-refractivity contribution in [2.24, 2.45) is 5.41 Å². The van der Waals surface area contributed by atoms with Crippen molar-refractivity contribution in [2.45, 2.75) is 45.6 Å². The third kappa shape index (κ3) is 2.76. The Morgan fingerprint density at radius 2 is 1.92 bits per heavy atom. The van der Waals surface area contributed by atoms with E-state index >= 15 is 0 Å². The highest BCUT2D eigenvalue weighted by molar-refractivity contribution is 5.19. The minimum absolute atomic E-state index is 0.0706. The molecule has 76 valence electrons. The summed E-state index contributed by atoms with van der Waals surface area (Å²) in [4.78, 5) is 0. The fourth-order valence-electron chi connectivity index (χ4n) is 2.23. The molecule has 0 saturated carbocycles. The fraction of sp³-hybridized carbons (Fsp3) is 0.800. The zero-order chi connectivity index (χ0) is 10.3. The van der Waals surface area contributed by atoms with Gasteiger partial charge in [0, 0.05) is 0 Å². The Morgan fingerprint density at radius 3 is 2.31 bits per heavy atom. The van der Waals surface area contributed by atoms with E-state index in [2.05, 4.69) is 0 Å². The monoisotopic (exact) mass is 190 g/mol. The van der Waals surface area contributed by atoms with Crippen molar-refractivity contribution in [2.75, 3.05) is 0 Å². The van der Waals surface area contributed by atoms with Crippen LogP contribution in [0.15, 0.2) is 11.6 Å². The summed E-state index contributed by atoms with van der Waals surface area (Å²) in [7, 11) is 0. The Balaban J connectivity index is 2.93. The third-order valence-electron chi connectivity index (χ3n) is 2.30. The van der Waals surface area contributed by atoms with Crippen LogP contribution in [0.4, 0.5) is 8.78 Å². The molecule has 1 rings (SSSR count). The molecule has 0 aromatic heterocycles. The maximum Gasteiger partial charge on any atom is 0.260 e. The summed E-state index contributed by atoms with van der Waals surface area (Å²) in [6.07, 6.45) is -0.217. The van der Waals surface area contributed by atoms with E-state index in [1.54, 1.807) is 6.92 Å². The molecule has 1 nitrogen and oxygen atoms in total. The van der Waals surface area contributed by atoms with Gasteiger partial charge >= 0.3 is 0 Å². The zero-order valence-corrected chi connectivity index (χ0v) is 8.27. The van der Waals surface area contributed by atoms with Crippen molar-refractivity contribution < 1.29 is 13.9 Å². The lowest BCUT2D eigenvalue weighted by Gasteiger charge is -2.38. The van der Waals surface area contributed by atoms with Gasteiger partial charge in [0.1, 0.15) is 0 Å². The minimum atomic E-state index is -2.44. The Bertz CT molecular complexity index is 229. The van der Waals surface area contributed by atoms with Crippen LogP contribution < -0.4 is 0 Å². The van der Waals surface area contributed by atoms with Crippen LogP contribution in [0.25, 0.3) is 0 Å². The van der Waals surface area contributed by atoms with E-state index in [-0.39, 0.29) is 11.0 Å². The number of hydrogen-bond donors (Lipinski definition) is 1. The van der Waals surface area contributed by atoms with Crippen molar-refractivity contribution in [3.05, 3.63) is 11.6 Å². The predicted molar refractivity (Wildman–Crippen MR) is 47.7 cm³/mol. The topological polar surface area (TPSA) is 20.2 Å². The lowest BCUT2D eigenvalue weighted by atomic mass is 9.71. The van der Waals surface area contributed by atoms with Crippen LogP contribution in [-0.2, 0) is 0 Å². The van der Waals surface area contributed by atoms with E-state index < -0.39 is 12.0 Å². The van der Waals surface area contributed by atoms with Crippen LogP contribution in [0.5, 0.6) is 0 Å². The van der Waals surface area contributed by atoms with E-state index in [0.29, 0.717) is 12.8 Å². The van der Waals surface area contributed by atoms with Crippen LogP contribution >= 0.6 is 0 Å². The summed E-state index contributed by atoms with van der Waals surface area (Å²) in [5, 5.41) is 9.72. The van der Waals surface area contributed by atoms with Gasteiger partial charge in [0.05, 0.1) is 5.60 Å². The molecular formula is C10H16F2O. The first-order valence-corrected chi connectivity index (χ1v) is 4.44. The Morgan fingerprint density at radius 1 is 1.38 bits per heavy atom. The fourth-order valence-corrected chi connectivity index (χ4v) is 2.23. The maximum absolute atomic E-state index is 12.4. The first kappa shape index (κ1) is 10.6. The average Bonchev–Trinajstić information content (AvgIpc) is 1.79. The van der Waals surface area contributed by atoms with Gasteiger partial charge in [0.25, 0.3) is 6.43 Å².